The second-order valence-corrected chi connectivity index (χ2v) is 10.7. The zero-order chi connectivity index (χ0) is 24.1. The minimum atomic E-state index is -3.96. The molecule has 3 aromatic rings. The number of anilines is 1. The number of benzene rings is 3. The molecule has 0 spiro atoms. The summed E-state index contributed by atoms with van der Waals surface area (Å²) in [5.74, 6) is -0.367. The van der Waals surface area contributed by atoms with Crippen LogP contribution >= 0.6 is 11.6 Å². The summed E-state index contributed by atoms with van der Waals surface area (Å²) in [4.78, 5) is 15.1. The van der Waals surface area contributed by atoms with Crippen molar-refractivity contribution in [3.8, 4) is 0 Å². The number of carbonyl (C=O) groups is 1. The number of aryl methyl sites for hydroxylation is 1. The minimum absolute atomic E-state index is 0.0470. The molecular formula is C26H28ClN3O3S. The summed E-state index contributed by atoms with van der Waals surface area (Å²) in [5, 5.41) is 2.93. The fraction of sp³-hybridized carbons (Fsp3) is 0.269. The summed E-state index contributed by atoms with van der Waals surface area (Å²) >= 11 is 6.18. The third-order valence-electron chi connectivity index (χ3n) is 5.84. The summed E-state index contributed by atoms with van der Waals surface area (Å²) in [6, 6.07) is 19.4. The predicted molar refractivity (Wildman–Crippen MR) is 136 cm³/mol. The smallest absolute Gasteiger partial charge is 0.263 e. The van der Waals surface area contributed by atoms with Gasteiger partial charge in [0.05, 0.1) is 5.02 Å². The molecule has 0 radical (unpaired) electrons. The molecule has 0 saturated carbocycles. The van der Waals surface area contributed by atoms with E-state index in [9.17, 15) is 13.2 Å². The van der Waals surface area contributed by atoms with E-state index in [-0.39, 0.29) is 21.4 Å². The van der Waals surface area contributed by atoms with Crippen LogP contribution in [0.1, 0.15) is 39.9 Å². The van der Waals surface area contributed by atoms with Crippen molar-refractivity contribution in [2.24, 2.45) is 0 Å². The average Bonchev–Trinajstić information content (AvgIpc) is 3.32. The number of sulfonamides is 1. The van der Waals surface area contributed by atoms with Crippen LogP contribution in [0, 0.1) is 6.92 Å². The first-order chi connectivity index (χ1) is 16.3. The van der Waals surface area contributed by atoms with Crippen molar-refractivity contribution in [3.63, 3.8) is 0 Å². The summed E-state index contributed by atoms with van der Waals surface area (Å²) in [7, 11) is -3.96. The quantitative estimate of drug-likeness (QED) is 0.460. The normalized spacial score (nSPS) is 14.2. The average molecular weight is 498 g/mol. The van der Waals surface area contributed by atoms with Gasteiger partial charge in [-0.15, -0.1) is 0 Å². The lowest BCUT2D eigenvalue weighted by molar-refractivity contribution is 0.0950. The maximum atomic E-state index is 12.9. The molecule has 34 heavy (non-hydrogen) atoms. The third-order valence-corrected chi connectivity index (χ3v) is 7.70. The van der Waals surface area contributed by atoms with Gasteiger partial charge in [0, 0.05) is 24.3 Å². The monoisotopic (exact) mass is 497 g/mol. The molecule has 0 aromatic heterocycles. The minimum Gasteiger partial charge on any atom is -0.348 e. The Bertz CT molecular complexity index is 1270. The molecule has 1 heterocycles. The molecule has 1 aliphatic heterocycles. The summed E-state index contributed by atoms with van der Waals surface area (Å²) < 4.78 is 28.3. The Balaban J connectivity index is 1.44. The van der Waals surface area contributed by atoms with Crippen LogP contribution in [0.15, 0.2) is 71.6 Å². The Hall–Kier alpha value is -2.87. The first kappa shape index (κ1) is 24.3. The molecule has 1 aliphatic rings. The second-order valence-electron chi connectivity index (χ2n) is 8.60. The number of nitrogens with zero attached hydrogens (tertiary/aromatic N) is 1. The second kappa shape index (κ2) is 10.6. The highest BCUT2D eigenvalue weighted by Gasteiger charge is 2.20. The highest BCUT2D eigenvalue weighted by Crippen LogP contribution is 2.25. The predicted octanol–water partition coefficient (Wildman–Crippen LogP) is 4.98. The number of likely N-dealkylation sites (tertiary alicyclic amines) is 1. The van der Waals surface area contributed by atoms with Crippen molar-refractivity contribution in [1.29, 1.82) is 0 Å². The number of amides is 1. The van der Waals surface area contributed by atoms with Crippen molar-refractivity contribution >= 4 is 33.2 Å². The maximum absolute atomic E-state index is 12.9. The van der Waals surface area contributed by atoms with E-state index >= 15 is 0 Å². The molecule has 6 nitrogen and oxygen atoms in total. The van der Waals surface area contributed by atoms with Gasteiger partial charge in [-0.25, -0.2) is 8.42 Å². The van der Waals surface area contributed by atoms with Gasteiger partial charge in [-0.1, -0.05) is 53.6 Å². The summed E-state index contributed by atoms with van der Waals surface area (Å²) in [6.07, 6.45) is 2.49. The van der Waals surface area contributed by atoms with E-state index in [0.29, 0.717) is 12.2 Å². The lowest BCUT2D eigenvalue weighted by atomic mass is 10.1. The zero-order valence-electron chi connectivity index (χ0n) is 19.1. The fourth-order valence-electron chi connectivity index (χ4n) is 4.00. The maximum Gasteiger partial charge on any atom is 0.263 e. The molecule has 3 aromatic carbocycles. The molecular weight excluding hydrogens is 470 g/mol. The van der Waals surface area contributed by atoms with Gasteiger partial charge < -0.3 is 5.32 Å². The van der Waals surface area contributed by atoms with E-state index in [2.05, 4.69) is 27.1 Å². The van der Waals surface area contributed by atoms with E-state index in [1.165, 1.54) is 36.6 Å². The molecule has 0 aliphatic carbocycles. The highest BCUT2D eigenvalue weighted by atomic mass is 35.5. The number of hydrogen-bond donors (Lipinski definition) is 2. The molecule has 0 bridgehead atoms. The van der Waals surface area contributed by atoms with Crippen molar-refractivity contribution in [2.45, 2.75) is 37.8 Å². The van der Waals surface area contributed by atoms with Crippen LogP contribution in [-0.2, 0) is 23.1 Å². The molecule has 1 saturated heterocycles. The zero-order valence-corrected chi connectivity index (χ0v) is 20.6. The highest BCUT2D eigenvalue weighted by molar-refractivity contribution is 7.92. The van der Waals surface area contributed by atoms with Crippen LogP contribution in [0.5, 0.6) is 0 Å². The Morgan fingerprint density at radius 3 is 2.41 bits per heavy atom. The van der Waals surface area contributed by atoms with Gasteiger partial charge in [-0.2, -0.15) is 0 Å². The van der Waals surface area contributed by atoms with Crippen LogP contribution in [0.25, 0.3) is 0 Å². The van der Waals surface area contributed by atoms with Crippen molar-refractivity contribution < 1.29 is 13.2 Å². The van der Waals surface area contributed by atoms with E-state index < -0.39 is 10.0 Å². The number of rotatable bonds is 8. The Morgan fingerprint density at radius 2 is 1.68 bits per heavy atom. The number of carbonyl (C=O) groups excluding carboxylic acids is 1. The van der Waals surface area contributed by atoms with E-state index in [1.54, 1.807) is 12.1 Å². The Labute approximate surface area is 206 Å². The summed E-state index contributed by atoms with van der Waals surface area (Å²) in [6.45, 7) is 5.43. The van der Waals surface area contributed by atoms with E-state index in [1.807, 2.05) is 31.2 Å². The molecule has 4 rings (SSSR count). The fourth-order valence-corrected chi connectivity index (χ4v) is 5.59. The number of halogens is 1. The lowest BCUT2D eigenvalue weighted by Gasteiger charge is -2.15. The van der Waals surface area contributed by atoms with Crippen LogP contribution in [0.4, 0.5) is 5.69 Å². The molecule has 178 valence electrons. The summed E-state index contributed by atoms with van der Waals surface area (Å²) in [5.41, 5.74) is 3.87. The first-order valence-electron chi connectivity index (χ1n) is 11.3. The standard InChI is InChI=1S/C26H28ClN3O3S/c1-19-7-10-23(11-8-19)29-34(32,33)25-16-22(9-12-24(25)27)26(31)28-17-20-5-4-6-21(15-20)18-30-13-2-3-14-30/h4-12,15-16,29H,2-3,13-14,17-18H2,1H3,(H,28,31). The van der Waals surface area contributed by atoms with Gasteiger partial charge in [0.15, 0.2) is 0 Å². The van der Waals surface area contributed by atoms with Gasteiger partial charge in [-0.05, 0) is 74.3 Å². The van der Waals surface area contributed by atoms with Crippen LogP contribution in [0.2, 0.25) is 5.02 Å². The molecule has 0 atom stereocenters. The Morgan fingerprint density at radius 1 is 0.971 bits per heavy atom. The molecule has 0 unspecified atom stereocenters. The van der Waals surface area contributed by atoms with Gasteiger partial charge >= 0.3 is 0 Å². The number of hydrogen-bond acceptors (Lipinski definition) is 4. The largest absolute Gasteiger partial charge is 0.348 e. The topological polar surface area (TPSA) is 78.5 Å². The van der Waals surface area contributed by atoms with Gasteiger partial charge in [0.25, 0.3) is 15.9 Å². The van der Waals surface area contributed by atoms with Gasteiger partial charge in [0.1, 0.15) is 4.90 Å². The third kappa shape index (κ3) is 6.17. The van der Waals surface area contributed by atoms with Crippen molar-refractivity contribution in [3.05, 3.63) is 94.0 Å². The van der Waals surface area contributed by atoms with Gasteiger partial charge in [-0.3, -0.25) is 14.4 Å². The van der Waals surface area contributed by atoms with Crippen LogP contribution in [-0.4, -0.2) is 32.3 Å². The van der Waals surface area contributed by atoms with Gasteiger partial charge in [0.2, 0.25) is 0 Å². The van der Waals surface area contributed by atoms with Crippen molar-refractivity contribution in [2.75, 3.05) is 17.8 Å². The molecule has 8 heteroatoms. The molecule has 2 N–H and O–H groups in total. The number of nitrogens with one attached hydrogen (secondary N) is 2. The Kier molecular flexibility index (Phi) is 7.56. The van der Waals surface area contributed by atoms with Crippen LogP contribution in [0.3, 0.4) is 0 Å². The molecule has 1 amide bonds. The van der Waals surface area contributed by atoms with E-state index in [0.717, 1.165) is 30.8 Å². The van der Waals surface area contributed by atoms with E-state index in [4.69, 9.17) is 11.6 Å². The van der Waals surface area contributed by atoms with Crippen molar-refractivity contribution in [1.82, 2.24) is 10.2 Å². The molecule has 1 fully saturated rings. The lowest BCUT2D eigenvalue weighted by Crippen LogP contribution is -2.24. The SMILES string of the molecule is Cc1ccc(NS(=O)(=O)c2cc(C(=O)NCc3cccc(CN4CCCC4)c3)ccc2Cl)cc1. The first-order valence-corrected chi connectivity index (χ1v) is 13.1. The van der Waals surface area contributed by atoms with Crippen LogP contribution < -0.4 is 10.0 Å².